The van der Waals surface area contributed by atoms with Gasteiger partial charge >= 0.3 is 0 Å². The first-order chi connectivity index (χ1) is 8.52. The molecule has 0 heterocycles. The number of hydrogen-bond acceptors (Lipinski definition) is 3. The fourth-order valence-corrected chi connectivity index (χ4v) is 2.05. The number of benzene rings is 1. The molecule has 0 aliphatic rings. The highest BCUT2D eigenvalue weighted by Crippen LogP contribution is 2.15. The van der Waals surface area contributed by atoms with Crippen LogP contribution in [0.4, 0.5) is 0 Å². The lowest BCUT2D eigenvalue weighted by molar-refractivity contribution is 0.160. The van der Waals surface area contributed by atoms with E-state index in [1.54, 1.807) is 7.11 Å². The maximum atomic E-state index is 5.94. The van der Waals surface area contributed by atoms with Gasteiger partial charge in [0, 0.05) is 26.2 Å². The molecule has 3 heteroatoms. The molecule has 0 bridgehead atoms. The van der Waals surface area contributed by atoms with Crippen LogP contribution in [0, 0.1) is 0 Å². The van der Waals surface area contributed by atoms with Gasteiger partial charge in [-0.3, -0.25) is 0 Å². The molecule has 1 aromatic rings. The molecule has 1 aromatic carbocycles. The van der Waals surface area contributed by atoms with Crippen molar-refractivity contribution in [2.24, 2.45) is 5.73 Å². The minimum Gasteiger partial charge on any atom is -0.383 e. The van der Waals surface area contributed by atoms with Gasteiger partial charge in [0.1, 0.15) is 0 Å². The lowest BCUT2D eigenvalue weighted by Crippen LogP contribution is -2.38. The second kappa shape index (κ2) is 7.52. The first kappa shape index (κ1) is 15.2. The highest BCUT2D eigenvalue weighted by molar-refractivity contribution is 5.24. The summed E-state index contributed by atoms with van der Waals surface area (Å²) in [5, 5.41) is 0. The Morgan fingerprint density at radius 1 is 1.22 bits per heavy atom. The quantitative estimate of drug-likeness (QED) is 0.806. The third-order valence-electron chi connectivity index (χ3n) is 3.03. The molecule has 0 radical (unpaired) electrons. The van der Waals surface area contributed by atoms with Crippen molar-refractivity contribution >= 4 is 0 Å². The summed E-state index contributed by atoms with van der Waals surface area (Å²) in [4.78, 5) is 2.23. The summed E-state index contributed by atoms with van der Waals surface area (Å²) in [5.41, 5.74) is 8.65. The molecule has 3 nitrogen and oxygen atoms in total. The van der Waals surface area contributed by atoms with Crippen LogP contribution in [-0.2, 0) is 11.3 Å². The van der Waals surface area contributed by atoms with Crippen LogP contribution in [0.25, 0.3) is 0 Å². The van der Waals surface area contributed by atoms with Gasteiger partial charge in [-0.2, -0.15) is 0 Å². The SMILES string of the molecule is COCC(N)CN(C)Cc1ccc(C(C)C)cc1. The van der Waals surface area contributed by atoms with Gasteiger partial charge in [0.2, 0.25) is 0 Å². The number of hydrogen-bond donors (Lipinski definition) is 1. The van der Waals surface area contributed by atoms with Gasteiger partial charge in [-0.25, -0.2) is 0 Å². The smallest absolute Gasteiger partial charge is 0.0626 e. The largest absolute Gasteiger partial charge is 0.383 e. The fourth-order valence-electron chi connectivity index (χ4n) is 2.05. The maximum Gasteiger partial charge on any atom is 0.0626 e. The molecular weight excluding hydrogens is 224 g/mol. The van der Waals surface area contributed by atoms with Crippen molar-refractivity contribution in [2.45, 2.75) is 32.4 Å². The highest BCUT2D eigenvalue weighted by atomic mass is 16.5. The van der Waals surface area contributed by atoms with Gasteiger partial charge in [-0.05, 0) is 24.1 Å². The van der Waals surface area contributed by atoms with Crippen LogP contribution in [0.15, 0.2) is 24.3 Å². The first-order valence-electron chi connectivity index (χ1n) is 6.54. The summed E-state index contributed by atoms with van der Waals surface area (Å²) < 4.78 is 5.05. The maximum absolute atomic E-state index is 5.94. The summed E-state index contributed by atoms with van der Waals surface area (Å²) >= 11 is 0. The van der Waals surface area contributed by atoms with E-state index in [9.17, 15) is 0 Å². The Morgan fingerprint density at radius 2 is 1.83 bits per heavy atom. The van der Waals surface area contributed by atoms with E-state index >= 15 is 0 Å². The van der Waals surface area contributed by atoms with Crippen molar-refractivity contribution in [2.75, 3.05) is 27.3 Å². The summed E-state index contributed by atoms with van der Waals surface area (Å²) in [6.07, 6.45) is 0. The molecule has 1 unspecified atom stereocenters. The van der Waals surface area contributed by atoms with Gasteiger partial charge in [0.25, 0.3) is 0 Å². The second-order valence-corrected chi connectivity index (χ2v) is 5.31. The van der Waals surface area contributed by atoms with E-state index in [-0.39, 0.29) is 6.04 Å². The molecule has 1 atom stereocenters. The first-order valence-corrected chi connectivity index (χ1v) is 6.54. The monoisotopic (exact) mass is 250 g/mol. The van der Waals surface area contributed by atoms with E-state index in [0.717, 1.165) is 13.1 Å². The average molecular weight is 250 g/mol. The van der Waals surface area contributed by atoms with Gasteiger partial charge in [-0.1, -0.05) is 38.1 Å². The van der Waals surface area contributed by atoms with Crippen LogP contribution in [0.3, 0.4) is 0 Å². The summed E-state index contributed by atoms with van der Waals surface area (Å²) in [6, 6.07) is 8.91. The Balaban J connectivity index is 2.46. The lowest BCUT2D eigenvalue weighted by atomic mass is 10.0. The Labute approximate surface area is 111 Å². The minimum atomic E-state index is 0.0786. The Hall–Kier alpha value is -0.900. The number of nitrogens with two attached hydrogens (primary N) is 1. The summed E-state index contributed by atoms with van der Waals surface area (Å²) in [7, 11) is 3.77. The van der Waals surface area contributed by atoms with Gasteiger partial charge < -0.3 is 15.4 Å². The number of nitrogens with zero attached hydrogens (tertiary/aromatic N) is 1. The molecule has 0 saturated heterocycles. The van der Waals surface area contributed by atoms with Crippen molar-refractivity contribution in [1.82, 2.24) is 4.90 Å². The topological polar surface area (TPSA) is 38.5 Å². The predicted molar refractivity (Wildman–Crippen MR) is 76.7 cm³/mol. The van der Waals surface area contributed by atoms with Crippen molar-refractivity contribution in [3.8, 4) is 0 Å². The average Bonchev–Trinajstić information content (AvgIpc) is 2.29. The number of rotatable bonds is 7. The number of ether oxygens (including phenoxy) is 1. The molecule has 0 fully saturated rings. The molecule has 18 heavy (non-hydrogen) atoms. The van der Waals surface area contributed by atoms with E-state index in [1.165, 1.54) is 11.1 Å². The fraction of sp³-hybridized carbons (Fsp3) is 0.600. The molecule has 0 aromatic heterocycles. The molecule has 2 N–H and O–H groups in total. The van der Waals surface area contributed by atoms with Crippen LogP contribution in [-0.4, -0.2) is 38.3 Å². The molecule has 1 rings (SSSR count). The van der Waals surface area contributed by atoms with Crippen molar-refractivity contribution in [3.63, 3.8) is 0 Å². The van der Waals surface area contributed by atoms with Crippen LogP contribution < -0.4 is 5.73 Å². The molecule has 0 saturated carbocycles. The molecule has 0 spiro atoms. The third-order valence-corrected chi connectivity index (χ3v) is 3.03. The normalized spacial score (nSPS) is 13.3. The third kappa shape index (κ3) is 5.17. The standard InChI is InChI=1S/C15H26N2O/c1-12(2)14-7-5-13(6-8-14)9-17(3)10-15(16)11-18-4/h5-8,12,15H,9-11,16H2,1-4H3. The zero-order chi connectivity index (χ0) is 13.5. The van der Waals surface area contributed by atoms with E-state index < -0.39 is 0 Å². The summed E-state index contributed by atoms with van der Waals surface area (Å²) in [5.74, 6) is 0.590. The zero-order valence-corrected chi connectivity index (χ0v) is 12.0. The van der Waals surface area contributed by atoms with Crippen LogP contribution in [0.1, 0.15) is 30.9 Å². The van der Waals surface area contributed by atoms with Gasteiger partial charge in [0.05, 0.1) is 6.61 Å². The second-order valence-electron chi connectivity index (χ2n) is 5.31. The van der Waals surface area contributed by atoms with E-state index in [4.69, 9.17) is 10.5 Å². The molecular formula is C15H26N2O. The van der Waals surface area contributed by atoms with Crippen LogP contribution >= 0.6 is 0 Å². The van der Waals surface area contributed by atoms with Gasteiger partial charge in [0.15, 0.2) is 0 Å². The van der Waals surface area contributed by atoms with E-state index in [0.29, 0.717) is 12.5 Å². The van der Waals surface area contributed by atoms with Crippen molar-refractivity contribution in [3.05, 3.63) is 35.4 Å². The molecule has 102 valence electrons. The van der Waals surface area contributed by atoms with Crippen molar-refractivity contribution in [1.29, 1.82) is 0 Å². The number of methoxy groups -OCH3 is 1. The molecule has 0 aliphatic heterocycles. The van der Waals surface area contributed by atoms with Crippen LogP contribution in [0.5, 0.6) is 0 Å². The van der Waals surface area contributed by atoms with E-state index in [1.807, 2.05) is 0 Å². The lowest BCUT2D eigenvalue weighted by Gasteiger charge is -2.21. The minimum absolute atomic E-state index is 0.0786. The predicted octanol–water partition coefficient (Wildman–Crippen LogP) is 2.22. The molecule has 0 amide bonds. The Morgan fingerprint density at radius 3 is 2.33 bits per heavy atom. The van der Waals surface area contributed by atoms with E-state index in [2.05, 4.69) is 50.1 Å². The Bertz CT molecular complexity index is 335. The Kier molecular flexibility index (Phi) is 6.33. The van der Waals surface area contributed by atoms with Crippen molar-refractivity contribution < 1.29 is 4.74 Å². The molecule has 0 aliphatic carbocycles. The highest BCUT2D eigenvalue weighted by Gasteiger charge is 2.07. The van der Waals surface area contributed by atoms with Gasteiger partial charge in [-0.15, -0.1) is 0 Å². The number of likely N-dealkylation sites (N-methyl/N-ethyl adjacent to an activating group) is 1. The van der Waals surface area contributed by atoms with Crippen LogP contribution in [0.2, 0.25) is 0 Å². The summed E-state index contributed by atoms with van der Waals surface area (Å²) in [6.45, 7) is 6.81. The zero-order valence-electron chi connectivity index (χ0n) is 12.0.